The minimum atomic E-state index is -3.59. The third-order valence-corrected chi connectivity index (χ3v) is 6.56. The number of rotatable bonds is 5. The summed E-state index contributed by atoms with van der Waals surface area (Å²) < 4.78 is 25.6. The van der Waals surface area contributed by atoms with Crippen LogP contribution in [0, 0.1) is 25.2 Å². The molecule has 7 heteroatoms. The van der Waals surface area contributed by atoms with Crippen molar-refractivity contribution < 1.29 is 13.2 Å². The number of amides is 1. The molecule has 28 heavy (non-hydrogen) atoms. The lowest BCUT2D eigenvalue weighted by Gasteiger charge is -2.34. The van der Waals surface area contributed by atoms with Crippen LogP contribution in [0.2, 0.25) is 0 Å². The summed E-state index contributed by atoms with van der Waals surface area (Å²) in [4.78, 5) is 12.4. The molecule has 0 spiro atoms. The van der Waals surface area contributed by atoms with Gasteiger partial charge in [0.2, 0.25) is 10.0 Å². The van der Waals surface area contributed by atoms with Gasteiger partial charge in [0.05, 0.1) is 11.9 Å². The minimum absolute atomic E-state index is 0.288. The van der Waals surface area contributed by atoms with Gasteiger partial charge in [0.1, 0.15) is 6.54 Å². The summed E-state index contributed by atoms with van der Waals surface area (Å²) in [5, 5.41) is 4.26. The Balaban J connectivity index is 2.03. The van der Waals surface area contributed by atoms with Gasteiger partial charge >= 0.3 is 0 Å². The fraction of sp³-hybridized carbons (Fsp3) is 0.619. The van der Waals surface area contributed by atoms with E-state index >= 15 is 0 Å². The Labute approximate surface area is 169 Å². The SMILES string of the molecule is Cc1ccc(N(CC(=O)NN=C2CCC(C(C)(C)C)CC2)S(C)(=O)=O)c(C)c1. The molecule has 1 aliphatic carbocycles. The van der Waals surface area contributed by atoms with E-state index in [9.17, 15) is 13.2 Å². The monoisotopic (exact) mass is 407 g/mol. The van der Waals surface area contributed by atoms with Crippen molar-refractivity contribution in [2.45, 2.75) is 60.3 Å². The van der Waals surface area contributed by atoms with Crippen molar-refractivity contribution in [3.63, 3.8) is 0 Å². The first kappa shape index (κ1) is 22.4. The second-order valence-electron chi connectivity index (χ2n) is 8.91. The van der Waals surface area contributed by atoms with Crippen molar-refractivity contribution in [1.82, 2.24) is 5.43 Å². The average molecular weight is 408 g/mol. The van der Waals surface area contributed by atoms with Gasteiger partial charge in [-0.05, 0) is 62.5 Å². The van der Waals surface area contributed by atoms with Gasteiger partial charge in [-0.1, -0.05) is 38.5 Å². The van der Waals surface area contributed by atoms with Gasteiger partial charge in [-0.15, -0.1) is 0 Å². The number of carbonyl (C=O) groups is 1. The van der Waals surface area contributed by atoms with E-state index in [1.807, 2.05) is 26.0 Å². The predicted octanol–water partition coefficient (Wildman–Crippen LogP) is 3.78. The summed E-state index contributed by atoms with van der Waals surface area (Å²) >= 11 is 0. The Morgan fingerprint density at radius 3 is 2.32 bits per heavy atom. The van der Waals surface area contributed by atoms with Crippen LogP contribution in [-0.4, -0.2) is 32.8 Å². The number of benzene rings is 1. The van der Waals surface area contributed by atoms with Crippen LogP contribution >= 0.6 is 0 Å². The Kier molecular flexibility index (Phi) is 6.91. The molecule has 6 nitrogen and oxygen atoms in total. The first-order valence-electron chi connectivity index (χ1n) is 9.77. The molecule has 2 rings (SSSR count). The lowest BCUT2D eigenvalue weighted by atomic mass is 9.72. The number of nitrogens with one attached hydrogen (secondary N) is 1. The maximum atomic E-state index is 12.4. The summed E-state index contributed by atoms with van der Waals surface area (Å²) in [5.41, 5.74) is 6.18. The third kappa shape index (κ3) is 6.06. The molecule has 1 N–H and O–H groups in total. The van der Waals surface area contributed by atoms with Gasteiger partial charge in [-0.25, -0.2) is 13.8 Å². The molecule has 0 radical (unpaired) electrons. The standard InChI is InChI=1S/C21H33N3O3S/c1-15-7-12-19(16(2)13-15)24(28(6,26)27)14-20(25)23-22-18-10-8-17(9-11-18)21(3,4)5/h7,12-13,17H,8-11,14H2,1-6H3,(H,23,25). The number of hydrogen-bond donors (Lipinski definition) is 1. The number of nitrogens with zero attached hydrogens (tertiary/aromatic N) is 2. The molecule has 0 heterocycles. The maximum Gasteiger partial charge on any atom is 0.260 e. The van der Waals surface area contributed by atoms with E-state index in [0.29, 0.717) is 11.6 Å². The zero-order valence-electron chi connectivity index (χ0n) is 17.9. The van der Waals surface area contributed by atoms with Gasteiger partial charge in [-0.2, -0.15) is 5.10 Å². The molecular formula is C21H33N3O3S. The molecule has 0 bridgehead atoms. The number of hydrazone groups is 1. The number of aryl methyl sites for hydroxylation is 2. The van der Waals surface area contributed by atoms with Crippen LogP contribution in [0.25, 0.3) is 0 Å². The number of carbonyl (C=O) groups excluding carboxylic acids is 1. The Morgan fingerprint density at radius 1 is 1.21 bits per heavy atom. The fourth-order valence-electron chi connectivity index (χ4n) is 3.70. The van der Waals surface area contributed by atoms with E-state index in [4.69, 9.17) is 0 Å². The van der Waals surface area contributed by atoms with E-state index in [1.165, 1.54) is 0 Å². The van der Waals surface area contributed by atoms with E-state index in [0.717, 1.165) is 53.1 Å². The Bertz CT molecular complexity index is 844. The van der Waals surface area contributed by atoms with Crippen molar-refractivity contribution in [3.8, 4) is 0 Å². The third-order valence-electron chi connectivity index (χ3n) is 5.43. The summed E-state index contributed by atoms with van der Waals surface area (Å²) in [6, 6.07) is 5.48. The van der Waals surface area contributed by atoms with Crippen molar-refractivity contribution in [3.05, 3.63) is 29.3 Å². The first-order valence-corrected chi connectivity index (χ1v) is 11.6. The Morgan fingerprint density at radius 2 is 1.82 bits per heavy atom. The molecule has 0 aliphatic heterocycles. The van der Waals surface area contributed by atoms with Gasteiger partial charge in [0.15, 0.2) is 0 Å². The molecular weight excluding hydrogens is 374 g/mol. The van der Waals surface area contributed by atoms with Crippen LogP contribution in [0.1, 0.15) is 57.6 Å². The van der Waals surface area contributed by atoms with E-state index in [1.54, 1.807) is 6.07 Å². The lowest BCUT2D eigenvalue weighted by Crippen LogP contribution is -2.39. The number of hydrogen-bond acceptors (Lipinski definition) is 4. The molecule has 1 saturated carbocycles. The van der Waals surface area contributed by atoms with Gasteiger partial charge in [0.25, 0.3) is 5.91 Å². The predicted molar refractivity (Wildman–Crippen MR) is 115 cm³/mol. The van der Waals surface area contributed by atoms with Crippen molar-refractivity contribution in [2.75, 3.05) is 17.1 Å². The molecule has 1 aromatic carbocycles. The number of sulfonamides is 1. The van der Waals surface area contributed by atoms with E-state index in [-0.39, 0.29) is 12.0 Å². The minimum Gasteiger partial charge on any atom is -0.271 e. The second kappa shape index (κ2) is 8.64. The van der Waals surface area contributed by atoms with Crippen LogP contribution in [0.4, 0.5) is 5.69 Å². The van der Waals surface area contributed by atoms with Crippen molar-refractivity contribution in [1.29, 1.82) is 0 Å². The highest BCUT2D eigenvalue weighted by molar-refractivity contribution is 7.92. The number of anilines is 1. The second-order valence-corrected chi connectivity index (χ2v) is 10.8. The molecule has 0 unspecified atom stereocenters. The smallest absolute Gasteiger partial charge is 0.260 e. The summed E-state index contributed by atoms with van der Waals surface area (Å²) in [6.07, 6.45) is 4.98. The highest BCUT2D eigenvalue weighted by Crippen LogP contribution is 2.36. The first-order chi connectivity index (χ1) is 12.9. The normalized spacial score (nSPS) is 17.9. The van der Waals surface area contributed by atoms with Gasteiger partial charge < -0.3 is 0 Å². The summed E-state index contributed by atoms with van der Waals surface area (Å²) in [6.45, 7) is 10.3. The molecule has 0 atom stereocenters. The molecule has 1 fully saturated rings. The van der Waals surface area contributed by atoms with Crippen LogP contribution in [0.5, 0.6) is 0 Å². The molecule has 0 saturated heterocycles. The maximum absolute atomic E-state index is 12.4. The van der Waals surface area contributed by atoms with Crippen molar-refractivity contribution >= 4 is 27.3 Å². The average Bonchev–Trinajstić information content (AvgIpc) is 2.57. The molecule has 1 amide bonds. The van der Waals surface area contributed by atoms with Gasteiger partial charge in [-0.3, -0.25) is 9.10 Å². The molecule has 0 aromatic heterocycles. The topological polar surface area (TPSA) is 78.8 Å². The van der Waals surface area contributed by atoms with E-state index in [2.05, 4.69) is 31.3 Å². The molecule has 1 aromatic rings. The van der Waals surface area contributed by atoms with Crippen LogP contribution in [0.3, 0.4) is 0 Å². The van der Waals surface area contributed by atoms with Crippen LogP contribution < -0.4 is 9.73 Å². The Hall–Kier alpha value is -1.89. The van der Waals surface area contributed by atoms with Crippen LogP contribution in [-0.2, 0) is 14.8 Å². The zero-order valence-corrected chi connectivity index (χ0v) is 18.7. The highest BCUT2D eigenvalue weighted by Gasteiger charge is 2.28. The fourth-order valence-corrected chi connectivity index (χ4v) is 4.62. The van der Waals surface area contributed by atoms with E-state index < -0.39 is 15.9 Å². The molecule has 1 aliphatic rings. The summed E-state index contributed by atoms with van der Waals surface area (Å²) in [5.74, 6) is 0.225. The highest BCUT2D eigenvalue weighted by atomic mass is 32.2. The van der Waals surface area contributed by atoms with Gasteiger partial charge in [0, 0.05) is 5.71 Å². The van der Waals surface area contributed by atoms with Crippen LogP contribution in [0.15, 0.2) is 23.3 Å². The quantitative estimate of drug-likeness (QED) is 0.755. The lowest BCUT2D eigenvalue weighted by molar-refractivity contribution is -0.119. The van der Waals surface area contributed by atoms with Crippen molar-refractivity contribution in [2.24, 2.45) is 16.4 Å². The summed E-state index contributed by atoms with van der Waals surface area (Å²) in [7, 11) is -3.59. The zero-order chi connectivity index (χ0) is 21.1. The molecule has 156 valence electrons. The largest absolute Gasteiger partial charge is 0.271 e.